The van der Waals surface area contributed by atoms with Crippen LogP contribution >= 0.6 is 11.8 Å². The number of anilines is 1. The molecule has 0 saturated carbocycles. The van der Waals surface area contributed by atoms with Gasteiger partial charge in [0.25, 0.3) is 0 Å². The molecule has 1 atom stereocenters. The molecule has 1 aromatic heterocycles. The minimum absolute atomic E-state index is 0.200. The van der Waals surface area contributed by atoms with Gasteiger partial charge in [0.05, 0.1) is 0 Å². The summed E-state index contributed by atoms with van der Waals surface area (Å²) in [5, 5.41) is 11.5. The summed E-state index contributed by atoms with van der Waals surface area (Å²) in [6.45, 7) is 1.78. The smallest absolute Gasteiger partial charge is 0.318 e. The van der Waals surface area contributed by atoms with Crippen molar-refractivity contribution in [3.63, 3.8) is 0 Å². The molecule has 3 aromatic rings. The molecule has 0 aliphatic carbocycles. The molecule has 1 saturated heterocycles. The molecule has 0 spiro atoms. The first kappa shape index (κ1) is 20.2. The van der Waals surface area contributed by atoms with Crippen LogP contribution in [0.1, 0.15) is 23.1 Å². The van der Waals surface area contributed by atoms with Gasteiger partial charge in [0, 0.05) is 37.1 Å². The lowest BCUT2D eigenvalue weighted by atomic mass is 10.1. The van der Waals surface area contributed by atoms with E-state index >= 15 is 0 Å². The second kappa shape index (κ2) is 10.1. The fraction of sp³-hybridized carbons (Fsp3) is 0.261. The summed E-state index contributed by atoms with van der Waals surface area (Å²) in [5.41, 5.74) is 2.05. The highest BCUT2D eigenvalue weighted by molar-refractivity contribution is 7.99. The highest BCUT2D eigenvalue weighted by Crippen LogP contribution is 2.23. The molecule has 7 heteroatoms. The Balaban J connectivity index is 1.50. The Bertz CT molecular complexity index is 969. The zero-order valence-corrected chi connectivity index (χ0v) is 17.4. The molecule has 2 heterocycles. The van der Waals surface area contributed by atoms with Gasteiger partial charge in [0.2, 0.25) is 11.8 Å². The first-order chi connectivity index (χ1) is 14.8. The molecule has 1 N–H and O–H groups in total. The summed E-state index contributed by atoms with van der Waals surface area (Å²) in [7, 11) is 0. The minimum Gasteiger partial charge on any atom is -0.406 e. The fourth-order valence-corrected chi connectivity index (χ4v) is 4.16. The third-order valence-corrected chi connectivity index (χ3v) is 5.78. The van der Waals surface area contributed by atoms with Gasteiger partial charge in [-0.05, 0) is 17.2 Å². The van der Waals surface area contributed by atoms with Crippen molar-refractivity contribution in [1.29, 1.82) is 0 Å². The van der Waals surface area contributed by atoms with E-state index in [4.69, 9.17) is 4.42 Å². The van der Waals surface area contributed by atoms with Crippen molar-refractivity contribution in [2.75, 3.05) is 29.5 Å². The van der Waals surface area contributed by atoms with Gasteiger partial charge in [-0.25, -0.2) is 0 Å². The third-order valence-electron chi connectivity index (χ3n) is 4.84. The number of rotatable bonds is 7. The molecule has 1 amide bonds. The first-order valence-corrected chi connectivity index (χ1v) is 11.2. The SMILES string of the molecule is O=C(/C=C/c1ccccc1)N[C@H](Cc1ccccc1)c1nnc(N2CCSCC2)o1. The van der Waals surface area contributed by atoms with Gasteiger partial charge in [-0.2, -0.15) is 11.8 Å². The average Bonchev–Trinajstić information content (AvgIpc) is 3.30. The van der Waals surface area contributed by atoms with Gasteiger partial charge < -0.3 is 14.6 Å². The number of aromatic nitrogens is 2. The quantitative estimate of drug-likeness (QED) is 0.587. The van der Waals surface area contributed by atoms with Crippen LogP contribution < -0.4 is 10.2 Å². The van der Waals surface area contributed by atoms with Gasteiger partial charge in [-0.1, -0.05) is 65.8 Å². The summed E-state index contributed by atoms with van der Waals surface area (Å²) in [5.74, 6) is 2.32. The normalized spacial score (nSPS) is 15.3. The Kier molecular flexibility index (Phi) is 6.82. The number of hydrogen-bond acceptors (Lipinski definition) is 6. The minimum atomic E-state index is -0.402. The molecule has 154 valence electrons. The van der Waals surface area contributed by atoms with E-state index in [1.807, 2.05) is 72.4 Å². The second-order valence-corrected chi connectivity index (χ2v) is 8.24. The standard InChI is InChI=1S/C23H24N4O2S/c28-21(12-11-18-7-3-1-4-8-18)24-20(17-19-9-5-2-6-10-19)22-25-26-23(29-22)27-13-15-30-16-14-27/h1-12,20H,13-17H2,(H,24,28)/b12-11+/t20-/m1/s1. The highest BCUT2D eigenvalue weighted by Gasteiger charge is 2.23. The number of hydrogen-bond donors (Lipinski definition) is 1. The third kappa shape index (κ3) is 5.51. The number of benzene rings is 2. The van der Waals surface area contributed by atoms with Gasteiger partial charge in [0.15, 0.2) is 0 Å². The molecular weight excluding hydrogens is 396 g/mol. The van der Waals surface area contributed by atoms with E-state index in [0.717, 1.165) is 35.7 Å². The molecule has 30 heavy (non-hydrogen) atoms. The van der Waals surface area contributed by atoms with Gasteiger partial charge >= 0.3 is 6.01 Å². The first-order valence-electron chi connectivity index (χ1n) is 10.0. The number of amides is 1. The van der Waals surface area contributed by atoms with Crippen LogP contribution in [0.3, 0.4) is 0 Å². The molecule has 0 bridgehead atoms. The van der Waals surface area contributed by atoms with Crippen LogP contribution in [0, 0.1) is 0 Å². The van der Waals surface area contributed by atoms with Crippen LogP contribution in [-0.2, 0) is 11.2 Å². The predicted octanol–water partition coefficient (Wildman–Crippen LogP) is 3.74. The van der Waals surface area contributed by atoms with Crippen molar-refractivity contribution in [2.45, 2.75) is 12.5 Å². The van der Waals surface area contributed by atoms with E-state index in [1.54, 1.807) is 6.08 Å². The Morgan fingerprint density at radius 1 is 1.07 bits per heavy atom. The van der Waals surface area contributed by atoms with E-state index in [2.05, 4.69) is 20.4 Å². The van der Waals surface area contributed by atoms with Crippen LogP contribution in [0.5, 0.6) is 0 Å². The van der Waals surface area contributed by atoms with E-state index in [1.165, 1.54) is 6.08 Å². The van der Waals surface area contributed by atoms with Crippen molar-refractivity contribution in [3.05, 3.63) is 83.8 Å². The van der Waals surface area contributed by atoms with E-state index in [9.17, 15) is 4.79 Å². The number of carbonyl (C=O) groups excluding carboxylic acids is 1. The van der Waals surface area contributed by atoms with Crippen molar-refractivity contribution >= 4 is 29.8 Å². The van der Waals surface area contributed by atoms with Crippen LogP contribution in [0.15, 0.2) is 71.2 Å². The van der Waals surface area contributed by atoms with Crippen molar-refractivity contribution in [1.82, 2.24) is 15.5 Å². The van der Waals surface area contributed by atoms with Gasteiger partial charge in [-0.3, -0.25) is 4.79 Å². The number of nitrogens with zero attached hydrogens (tertiary/aromatic N) is 3. The van der Waals surface area contributed by atoms with Crippen molar-refractivity contribution in [3.8, 4) is 0 Å². The van der Waals surface area contributed by atoms with Crippen LogP contribution in [0.4, 0.5) is 6.01 Å². The maximum atomic E-state index is 12.6. The number of nitrogens with one attached hydrogen (secondary N) is 1. The topological polar surface area (TPSA) is 71.3 Å². The molecule has 0 radical (unpaired) electrons. The Morgan fingerprint density at radius 3 is 2.50 bits per heavy atom. The van der Waals surface area contributed by atoms with E-state index in [0.29, 0.717) is 18.3 Å². The fourth-order valence-electron chi connectivity index (χ4n) is 3.26. The second-order valence-electron chi connectivity index (χ2n) is 7.02. The summed E-state index contributed by atoms with van der Waals surface area (Å²) in [6, 6.07) is 19.8. The lowest BCUT2D eigenvalue weighted by molar-refractivity contribution is -0.117. The molecule has 1 aliphatic heterocycles. The summed E-state index contributed by atoms with van der Waals surface area (Å²) in [6.07, 6.45) is 3.90. The Morgan fingerprint density at radius 2 is 1.77 bits per heavy atom. The lowest BCUT2D eigenvalue weighted by Gasteiger charge is -2.24. The largest absolute Gasteiger partial charge is 0.406 e. The zero-order valence-electron chi connectivity index (χ0n) is 16.6. The maximum absolute atomic E-state index is 12.6. The molecular formula is C23H24N4O2S. The van der Waals surface area contributed by atoms with Gasteiger partial charge in [-0.15, -0.1) is 5.10 Å². The summed E-state index contributed by atoms with van der Waals surface area (Å²) < 4.78 is 5.98. The molecule has 4 rings (SSSR count). The summed E-state index contributed by atoms with van der Waals surface area (Å²) in [4.78, 5) is 14.7. The molecule has 1 fully saturated rings. The zero-order chi connectivity index (χ0) is 20.6. The molecule has 2 aromatic carbocycles. The number of thioether (sulfide) groups is 1. The molecule has 0 unspecified atom stereocenters. The van der Waals surface area contributed by atoms with E-state index in [-0.39, 0.29) is 5.91 Å². The molecule has 1 aliphatic rings. The Hall–Kier alpha value is -3.06. The van der Waals surface area contributed by atoms with Crippen molar-refractivity contribution in [2.24, 2.45) is 0 Å². The maximum Gasteiger partial charge on any atom is 0.318 e. The molecule has 6 nitrogen and oxygen atoms in total. The van der Waals surface area contributed by atoms with E-state index < -0.39 is 6.04 Å². The monoisotopic (exact) mass is 420 g/mol. The lowest BCUT2D eigenvalue weighted by Crippen LogP contribution is -2.32. The van der Waals surface area contributed by atoms with Crippen LogP contribution in [0.25, 0.3) is 6.08 Å². The van der Waals surface area contributed by atoms with Crippen LogP contribution in [0.2, 0.25) is 0 Å². The van der Waals surface area contributed by atoms with Gasteiger partial charge in [0.1, 0.15) is 6.04 Å². The summed E-state index contributed by atoms with van der Waals surface area (Å²) >= 11 is 1.92. The van der Waals surface area contributed by atoms with Crippen LogP contribution in [-0.4, -0.2) is 40.7 Å². The number of carbonyl (C=O) groups is 1. The van der Waals surface area contributed by atoms with Crippen molar-refractivity contribution < 1.29 is 9.21 Å². The highest BCUT2D eigenvalue weighted by atomic mass is 32.2. The average molecular weight is 421 g/mol. The predicted molar refractivity (Wildman–Crippen MR) is 120 cm³/mol. The Labute approximate surface area is 180 Å².